The quantitative estimate of drug-likeness (QED) is 0.580. The Balaban J connectivity index is 1.66. The third-order valence-electron chi connectivity index (χ3n) is 6.47. The maximum Gasteiger partial charge on any atom is 0.223 e. The van der Waals surface area contributed by atoms with Crippen molar-refractivity contribution in [2.75, 3.05) is 32.2 Å². The number of hydrogen-bond donors (Lipinski definition) is 2. The first-order valence-corrected chi connectivity index (χ1v) is 11.2. The molecular weight excluding hydrogens is 448 g/mol. The molecule has 34 heavy (non-hydrogen) atoms. The third-order valence-corrected chi connectivity index (χ3v) is 6.47. The number of ether oxygens (including phenoxy) is 3. The topological polar surface area (TPSA) is 104 Å². The predicted octanol–water partition coefficient (Wildman–Crippen LogP) is 3.17. The van der Waals surface area contributed by atoms with Crippen molar-refractivity contribution in [3.63, 3.8) is 0 Å². The van der Waals surface area contributed by atoms with E-state index in [-0.39, 0.29) is 48.0 Å². The minimum Gasteiger partial charge on any atom is -0.488 e. The summed E-state index contributed by atoms with van der Waals surface area (Å²) in [6, 6.07) is 0.702. The standard InChI is InChI=1S/C23H27F2N5O4/c1-11-9-34-20-12(7-13(24)18-19(20)30(11)21(28-18)23(2,3)32-4)17-14(25)8-26-22(29-17)27-15-5-6-33-10-16(15)31/h7-8,11,15-16,31H,5-6,9-10H2,1-4H3,(H,26,27,29). The predicted molar refractivity (Wildman–Crippen MR) is 120 cm³/mol. The van der Waals surface area contributed by atoms with Crippen molar-refractivity contribution in [2.24, 2.45) is 0 Å². The van der Waals surface area contributed by atoms with Gasteiger partial charge in [-0.2, -0.15) is 0 Å². The Kier molecular flexibility index (Phi) is 5.65. The number of aliphatic hydroxyl groups excluding tert-OH is 1. The largest absolute Gasteiger partial charge is 0.488 e. The van der Waals surface area contributed by atoms with Gasteiger partial charge in [0.2, 0.25) is 5.95 Å². The van der Waals surface area contributed by atoms with Crippen LogP contribution in [0.15, 0.2) is 12.3 Å². The Labute approximate surface area is 195 Å². The fraction of sp³-hybridized carbons (Fsp3) is 0.522. The van der Waals surface area contributed by atoms with Gasteiger partial charge in [-0.25, -0.2) is 23.7 Å². The smallest absolute Gasteiger partial charge is 0.223 e. The molecule has 11 heteroatoms. The fourth-order valence-electron chi connectivity index (χ4n) is 4.43. The third kappa shape index (κ3) is 3.68. The maximum atomic E-state index is 15.3. The van der Waals surface area contributed by atoms with E-state index in [9.17, 15) is 9.50 Å². The van der Waals surface area contributed by atoms with Gasteiger partial charge in [0.1, 0.15) is 34.8 Å². The lowest BCUT2D eigenvalue weighted by Gasteiger charge is -2.30. The second-order valence-electron chi connectivity index (χ2n) is 9.18. The van der Waals surface area contributed by atoms with Crippen LogP contribution in [0.5, 0.6) is 5.75 Å². The van der Waals surface area contributed by atoms with Gasteiger partial charge in [0, 0.05) is 13.7 Å². The van der Waals surface area contributed by atoms with E-state index in [1.165, 1.54) is 6.07 Å². The molecule has 3 aromatic rings. The number of nitrogens with one attached hydrogen (secondary N) is 1. The summed E-state index contributed by atoms with van der Waals surface area (Å²) >= 11 is 0. The fourth-order valence-corrected chi connectivity index (χ4v) is 4.43. The molecule has 9 nitrogen and oxygen atoms in total. The van der Waals surface area contributed by atoms with Crippen LogP contribution in [0.25, 0.3) is 22.3 Å². The van der Waals surface area contributed by atoms with E-state index in [2.05, 4.69) is 20.3 Å². The average Bonchev–Trinajstić information content (AvgIpc) is 3.24. The zero-order valence-corrected chi connectivity index (χ0v) is 19.4. The van der Waals surface area contributed by atoms with Gasteiger partial charge in [-0.05, 0) is 33.3 Å². The molecule has 1 fully saturated rings. The second-order valence-corrected chi connectivity index (χ2v) is 9.18. The Hall–Kier alpha value is -2.89. The van der Waals surface area contributed by atoms with E-state index in [1.54, 1.807) is 7.11 Å². The molecule has 0 spiro atoms. The Bertz CT molecular complexity index is 1250. The summed E-state index contributed by atoms with van der Waals surface area (Å²) in [6.45, 7) is 6.60. The molecule has 2 aliphatic heterocycles. The molecule has 3 unspecified atom stereocenters. The Morgan fingerprint density at radius 2 is 2.03 bits per heavy atom. The molecule has 0 aliphatic carbocycles. The molecule has 3 atom stereocenters. The van der Waals surface area contributed by atoms with Crippen LogP contribution in [0.2, 0.25) is 0 Å². The van der Waals surface area contributed by atoms with Crippen LogP contribution in [0, 0.1) is 11.6 Å². The molecule has 2 N–H and O–H groups in total. The molecule has 0 amide bonds. The summed E-state index contributed by atoms with van der Waals surface area (Å²) in [5.74, 6) is -0.370. The normalized spacial score (nSPS) is 22.6. The number of methoxy groups -OCH3 is 1. The SMILES string of the molecule is COC(C)(C)c1nc2c(F)cc(-c3nc(NC4CCOCC4O)ncc3F)c3c2n1C(C)CO3. The summed E-state index contributed by atoms with van der Waals surface area (Å²) in [7, 11) is 1.57. The van der Waals surface area contributed by atoms with E-state index < -0.39 is 23.3 Å². The molecule has 0 saturated carbocycles. The monoisotopic (exact) mass is 475 g/mol. The van der Waals surface area contributed by atoms with Gasteiger partial charge >= 0.3 is 0 Å². The van der Waals surface area contributed by atoms with Crippen molar-refractivity contribution in [2.45, 2.75) is 51.0 Å². The van der Waals surface area contributed by atoms with Crippen LogP contribution >= 0.6 is 0 Å². The molecule has 1 aromatic carbocycles. The van der Waals surface area contributed by atoms with Gasteiger partial charge in [-0.3, -0.25) is 0 Å². The number of rotatable bonds is 5. The molecule has 4 heterocycles. The van der Waals surface area contributed by atoms with Crippen LogP contribution in [0.1, 0.15) is 39.1 Å². The summed E-state index contributed by atoms with van der Waals surface area (Å²) in [5, 5.41) is 13.2. The van der Waals surface area contributed by atoms with Gasteiger partial charge in [0.05, 0.1) is 36.6 Å². The van der Waals surface area contributed by atoms with Gasteiger partial charge in [-0.15, -0.1) is 0 Å². The number of halogens is 2. The van der Waals surface area contributed by atoms with Gasteiger partial charge in [0.15, 0.2) is 17.4 Å². The highest BCUT2D eigenvalue weighted by atomic mass is 19.1. The van der Waals surface area contributed by atoms with Gasteiger partial charge in [-0.1, -0.05) is 0 Å². The zero-order valence-electron chi connectivity index (χ0n) is 19.4. The highest BCUT2D eigenvalue weighted by molar-refractivity contribution is 5.92. The van der Waals surface area contributed by atoms with Crippen LogP contribution in [-0.4, -0.2) is 63.7 Å². The van der Waals surface area contributed by atoms with E-state index in [1.807, 2.05) is 25.3 Å². The minimum atomic E-state index is -0.781. The maximum absolute atomic E-state index is 15.3. The zero-order chi connectivity index (χ0) is 24.2. The first kappa shape index (κ1) is 22.9. The number of aromatic nitrogens is 4. The molecular formula is C23H27F2N5O4. The van der Waals surface area contributed by atoms with Crippen molar-refractivity contribution in [1.29, 1.82) is 0 Å². The minimum absolute atomic E-state index is 0.107. The van der Waals surface area contributed by atoms with Gasteiger partial charge < -0.3 is 29.2 Å². The molecule has 0 bridgehead atoms. The van der Waals surface area contributed by atoms with Gasteiger partial charge in [0.25, 0.3) is 0 Å². The number of nitrogens with zero attached hydrogens (tertiary/aromatic N) is 4. The molecule has 2 aromatic heterocycles. The lowest BCUT2D eigenvalue weighted by molar-refractivity contribution is -0.0136. The highest BCUT2D eigenvalue weighted by Gasteiger charge is 2.36. The second kappa shape index (κ2) is 8.40. The number of anilines is 1. The van der Waals surface area contributed by atoms with Crippen molar-refractivity contribution in [3.8, 4) is 17.0 Å². The van der Waals surface area contributed by atoms with Crippen molar-refractivity contribution in [3.05, 3.63) is 29.7 Å². The number of imidazole rings is 1. The summed E-state index contributed by atoms with van der Waals surface area (Å²) in [4.78, 5) is 12.9. The van der Waals surface area contributed by atoms with Crippen LogP contribution in [-0.2, 0) is 15.1 Å². The molecule has 5 rings (SSSR count). The summed E-state index contributed by atoms with van der Waals surface area (Å²) < 4.78 is 49.0. The Morgan fingerprint density at radius 3 is 2.76 bits per heavy atom. The van der Waals surface area contributed by atoms with Crippen molar-refractivity contribution in [1.82, 2.24) is 19.5 Å². The lowest BCUT2D eigenvalue weighted by Crippen LogP contribution is -2.42. The lowest BCUT2D eigenvalue weighted by atomic mass is 10.1. The van der Waals surface area contributed by atoms with E-state index >= 15 is 4.39 Å². The summed E-state index contributed by atoms with van der Waals surface area (Å²) in [5.41, 5.74) is -0.166. The molecule has 2 aliphatic rings. The van der Waals surface area contributed by atoms with Crippen LogP contribution in [0.3, 0.4) is 0 Å². The van der Waals surface area contributed by atoms with E-state index in [4.69, 9.17) is 14.2 Å². The van der Waals surface area contributed by atoms with Crippen LogP contribution in [0.4, 0.5) is 14.7 Å². The number of aliphatic hydroxyl groups is 1. The van der Waals surface area contributed by atoms with Crippen molar-refractivity contribution < 1.29 is 28.1 Å². The van der Waals surface area contributed by atoms with Crippen molar-refractivity contribution >= 4 is 17.0 Å². The molecule has 1 saturated heterocycles. The highest BCUT2D eigenvalue weighted by Crippen LogP contribution is 2.44. The van der Waals surface area contributed by atoms with Crippen LogP contribution < -0.4 is 10.1 Å². The average molecular weight is 475 g/mol. The van der Waals surface area contributed by atoms with E-state index in [0.717, 1.165) is 6.20 Å². The molecule has 0 radical (unpaired) electrons. The summed E-state index contributed by atoms with van der Waals surface area (Å²) in [6.07, 6.45) is 0.817. The first-order valence-electron chi connectivity index (χ1n) is 11.2. The Morgan fingerprint density at radius 1 is 1.24 bits per heavy atom. The van der Waals surface area contributed by atoms with E-state index in [0.29, 0.717) is 30.1 Å². The first-order chi connectivity index (χ1) is 16.2. The number of benzene rings is 1. The molecule has 182 valence electrons. The number of hydrogen-bond acceptors (Lipinski definition) is 8.